The first-order valence-electron chi connectivity index (χ1n) is 7.37. The lowest BCUT2D eigenvalue weighted by Crippen LogP contribution is -2.34. The fourth-order valence-electron chi connectivity index (χ4n) is 2.95. The van der Waals surface area contributed by atoms with Crippen LogP contribution in [0.15, 0.2) is 6.07 Å². The molecule has 2 aromatic rings. The number of likely N-dealkylation sites (tertiary alicyclic amines) is 1. The minimum atomic E-state index is -4.71. The van der Waals surface area contributed by atoms with E-state index < -0.39 is 43.0 Å². The van der Waals surface area contributed by atoms with Crippen molar-refractivity contribution in [2.45, 2.75) is 20.0 Å². The molecule has 8 nitrogen and oxygen atoms in total. The van der Waals surface area contributed by atoms with Crippen molar-refractivity contribution in [3.8, 4) is 0 Å². The third-order valence-electron chi connectivity index (χ3n) is 4.15. The van der Waals surface area contributed by atoms with Crippen molar-refractivity contribution in [3.63, 3.8) is 0 Å². The summed E-state index contributed by atoms with van der Waals surface area (Å²) in [5.41, 5.74) is 1.31. The molecule has 1 N–H and O–H groups in total. The third-order valence-corrected chi connectivity index (χ3v) is 4.15. The molecule has 0 spiro atoms. The van der Waals surface area contributed by atoms with Crippen LogP contribution in [0.2, 0.25) is 0 Å². The van der Waals surface area contributed by atoms with Crippen LogP contribution in [-0.4, -0.2) is 60.7 Å². The minimum Gasteiger partial charge on any atom is -0.481 e. The Morgan fingerprint density at radius 1 is 1.24 bits per heavy atom. The highest BCUT2D eigenvalue weighted by Gasteiger charge is 2.53. The number of hydrogen-bond donors (Lipinski definition) is 1. The maximum absolute atomic E-state index is 13.0. The quantitative estimate of drug-likeness (QED) is 0.863. The van der Waals surface area contributed by atoms with Gasteiger partial charge in [-0.05, 0) is 19.9 Å². The number of carbonyl (C=O) groups is 2. The van der Waals surface area contributed by atoms with Gasteiger partial charge in [-0.1, -0.05) is 0 Å². The summed E-state index contributed by atoms with van der Waals surface area (Å²) in [6.07, 6.45) is -4.71. The Balaban J connectivity index is 1.91. The highest BCUT2D eigenvalue weighted by molar-refractivity contribution is 5.91. The van der Waals surface area contributed by atoms with Gasteiger partial charge >= 0.3 is 12.1 Å². The van der Waals surface area contributed by atoms with Gasteiger partial charge in [0, 0.05) is 24.5 Å². The number of carbonyl (C=O) groups excluding carboxylic acids is 1. The number of carboxylic acid groups (broad SMARTS) is 1. The van der Waals surface area contributed by atoms with Crippen molar-refractivity contribution in [1.82, 2.24) is 24.5 Å². The smallest absolute Gasteiger partial charge is 0.394 e. The topological polar surface area (TPSA) is 101 Å². The van der Waals surface area contributed by atoms with Gasteiger partial charge in [-0.25, -0.2) is 9.50 Å². The summed E-state index contributed by atoms with van der Waals surface area (Å²) in [5.74, 6) is -6.42. The number of aliphatic carboxylic acids is 1. The van der Waals surface area contributed by atoms with E-state index in [0.717, 1.165) is 4.90 Å². The zero-order chi connectivity index (χ0) is 18.5. The van der Waals surface area contributed by atoms with E-state index in [9.17, 15) is 22.8 Å². The lowest BCUT2D eigenvalue weighted by Gasteiger charge is -2.17. The first-order valence-corrected chi connectivity index (χ1v) is 7.37. The molecule has 25 heavy (non-hydrogen) atoms. The third kappa shape index (κ3) is 3.01. The molecule has 2 aromatic heterocycles. The van der Waals surface area contributed by atoms with Gasteiger partial charge in [0.1, 0.15) is 0 Å². The molecule has 0 aliphatic carbocycles. The van der Waals surface area contributed by atoms with Crippen LogP contribution in [-0.2, 0) is 4.79 Å². The first kappa shape index (κ1) is 17.1. The van der Waals surface area contributed by atoms with Crippen LogP contribution in [0.5, 0.6) is 0 Å². The SMILES string of the molecule is Cc1cc(C)n2nc(C(=O)N3C[C@@H](C(F)(F)F)[C@H](C(=O)O)C3)nc2n1. The fourth-order valence-corrected chi connectivity index (χ4v) is 2.95. The molecule has 0 radical (unpaired) electrons. The van der Waals surface area contributed by atoms with Crippen LogP contribution >= 0.6 is 0 Å². The van der Waals surface area contributed by atoms with E-state index >= 15 is 0 Å². The molecule has 0 bridgehead atoms. The summed E-state index contributed by atoms with van der Waals surface area (Å²) in [5, 5.41) is 13.0. The number of nitrogens with zero attached hydrogens (tertiary/aromatic N) is 5. The van der Waals surface area contributed by atoms with Crippen molar-refractivity contribution in [2.75, 3.05) is 13.1 Å². The lowest BCUT2D eigenvalue weighted by atomic mass is 9.96. The van der Waals surface area contributed by atoms with E-state index in [1.807, 2.05) is 0 Å². The van der Waals surface area contributed by atoms with Gasteiger partial charge in [-0.3, -0.25) is 9.59 Å². The fraction of sp³-hybridized carbons (Fsp3) is 0.500. The number of alkyl halides is 3. The molecule has 0 aromatic carbocycles. The van der Waals surface area contributed by atoms with Crippen LogP contribution < -0.4 is 0 Å². The molecule has 3 heterocycles. The van der Waals surface area contributed by atoms with Crippen LogP contribution in [0.25, 0.3) is 5.78 Å². The number of carboxylic acids is 1. The Morgan fingerprint density at radius 2 is 1.92 bits per heavy atom. The Morgan fingerprint density at radius 3 is 2.48 bits per heavy atom. The van der Waals surface area contributed by atoms with Crippen molar-refractivity contribution in [1.29, 1.82) is 0 Å². The number of aromatic nitrogens is 4. The lowest BCUT2D eigenvalue weighted by molar-refractivity contribution is -0.187. The first-order chi connectivity index (χ1) is 11.6. The average Bonchev–Trinajstić information content (AvgIpc) is 3.09. The van der Waals surface area contributed by atoms with Gasteiger partial charge in [0.25, 0.3) is 11.7 Å². The number of amides is 1. The average molecular weight is 357 g/mol. The normalized spacial score (nSPS) is 21.1. The highest BCUT2D eigenvalue weighted by atomic mass is 19.4. The van der Waals surface area contributed by atoms with Crippen LogP contribution in [0.1, 0.15) is 22.0 Å². The van der Waals surface area contributed by atoms with Crippen LogP contribution in [0.3, 0.4) is 0 Å². The van der Waals surface area contributed by atoms with E-state index in [2.05, 4.69) is 15.1 Å². The molecule has 1 saturated heterocycles. The van der Waals surface area contributed by atoms with Gasteiger partial charge in [-0.15, -0.1) is 5.10 Å². The summed E-state index contributed by atoms with van der Waals surface area (Å²) in [6.45, 7) is 2.18. The molecule has 3 rings (SSSR count). The summed E-state index contributed by atoms with van der Waals surface area (Å²) in [7, 11) is 0. The van der Waals surface area contributed by atoms with Crippen molar-refractivity contribution in [3.05, 3.63) is 23.3 Å². The van der Waals surface area contributed by atoms with Gasteiger partial charge in [-0.2, -0.15) is 18.2 Å². The molecule has 0 unspecified atom stereocenters. The Hall–Kier alpha value is -2.72. The van der Waals surface area contributed by atoms with Crippen molar-refractivity contribution < 1.29 is 27.9 Å². The molecule has 1 aliphatic rings. The maximum Gasteiger partial charge on any atom is 0.394 e. The molecule has 11 heteroatoms. The second kappa shape index (κ2) is 5.67. The zero-order valence-electron chi connectivity index (χ0n) is 13.3. The molecule has 1 fully saturated rings. The van der Waals surface area contributed by atoms with E-state index in [0.29, 0.717) is 11.4 Å². The number of aryl methyl sites for hydroxylation is 2. The number of halogens is 3. The Labute approximate surface area is 139 Å². The van der Waals surface area contributed by atoms with Crippen LogP contribution in [0, 0.1) is 25.7 Å². The second-order valence-corrected chi connectivity index (χ2v) is 5.99. The van der Waals surface area contributed by atoms with E-state index in [4.69, 9.17) is 5.11 Å². The summed E-state index contributed by atoms with van der Waals surface area (Å²) >= 11 is 0. The molecule has 1 aliphatic heterocycles. The summed E-state index contributed by atoms with van der Waals surface area (Å²) in [4.78, 5) is 32.4. The minimum absolute atomic E-state index is 0.155. The summed E-state index contributed by atoms with van der Waals surface area (Å²) in [6, 6.07) is 1.71. The largest absolute Gasteiger partial charge is 0.481 e. The Bertz CT molecular complexity index is 863. The van der Waals surface area contributed by atoms with Gasteiger partial charge < -0.3 is 10.0 Å². The number of rotatable bonds is 2. The Kier molecular flexibility index (Phi) is 3.88. The van der Waals surface area contributed by atoms with E-state index in [-0.39, 0.29) is 11.6 Å². The summed E-state index contributed by atoms with van der Waals surface area (Å²) < 4.78 is 40.4. The van der Waals surface area contributed by atoms with Gasteiger partial charge in [0.15, 0.2) is 0 Å². The number of fused-ring (bicyclic) bond motifs is 1. The van der Waals surface area contributed by atoms with Crippen molar-refractivity contribution in [2.24, 2.45) is 11.8 Å². The van der Waals surface area contributed by atoms with Crippen LogP contribution in [0.4, 0.5) is 13.2 Å². The molecule has 1 amide bonds. The predicted octanol–water partition coefficient (Wildman–Crippen LogP) is 1.08. The molecule has 134 valence electrons. The molecular formula is C14H14F3N5O3. The predicted molar refractivity (Wildman–Crippen MR) is 76.8 cm³/mol. The highest BCUT2D eigenvalue weighted by Crippen LogP contribution is 2.38. The molecular weight excluding hydrogens is 343 g/mol. The van der Waals surface area contributed by atoms with Gasteiger partial charge in [0.2, 0.25) is 5.82 Å². The van der Waals surface area contributed by atoms with E-state index in [1.54, 1.807) is 19.9 Å². The second-order valence-electron chi connectivity index (χ2n) is 5.99. The van der Waals surface area contributed by atoms with E-state index in [1.165, 1.54) is 4.52 Å². The number of hydrogen-bond acceptors (Lipinski definition) is 5. The molecule has 0 saturated carbocycles. The zero-order valence-corrected chi connectivity index (χ0v) is 13.3. The standard InChI is InChI=1S/C14H14F3N5O3/c1-6-3-7(2)22-13(18-6)19-10(20-22)11(23)21-4-8(12(24)25)9(5-21)14(15,16)17/h3,8-9H,4-5H2,1-2H3,(H,24,25)/t8-,9-/m1/s1. The molecule has 2 atom stereocenters. The monoisotopic (exact) mass is 357 g/mol. The van der Waals surface area contributed by atoms with Crippen molar-refractivity contribution >= 4 is 17.7 Å². The maximum atomic E-state index is 13.0. The van der Waals surface area contributed by atoms with Gasteiger partial charge in [0.05, 0.1) is 11.8 Å².